The van der Waals surface area contributed by atoms with Gasteiger partial charge >= 0.3 is 11.9 Å². The lowest BCUT2D eigenvalue weighted by molar-refractivity contribution is -0.151. The van der Waals surface area contributed by atoms with E-state index < -0.39 is 23.8 Å². The number of ether oxygens (including phenoxy) is 2. The number of carbonyl (C=O) groups is 3. The van der Waals surface area contributed by atoms with E-state index in [4.69, 9.17) is 21.1 Å². The zero-order chi connectivity index (χ0) is 23.4. The van der Waals surface area contributed by atoms with Gasteiger partial charge in [0, 0.05) is 33.7 Å². The summed E-state index contributed by atoms with van der Waals surface area (Å²) in [6.07, 6.45) is 0.498. The molecule has 3 rings (SSSR count). The summed E-state index contributed by atoms with van der Waals surface area (Å²) in [5, 5.41) is 3.80. The molecule has 0 fully saturated rings. The molecular weight excluding hydrogens is 450 g/mol. The van der Waals surface area contributed by atoms with Crippen molar-refractivity contribution >= 4 is 41.1 Å². The zero-order valence-corrected chi connectivity index (χ0v) is 20.3. The number of allylic oxidation sites excluding steroid dienone is 3. The maximum atomic E-state index is 13.6. The molecule has 1 aliphatic carbocycles. The van der Waals surface area contributed by atoms with Crippen molar-refractivity contribution in [1.29, 1.82) is 0 Å². The van der Waals surface area contributed by atoms with Crippen LogP contribution in [0.3, 0.4) is 0 Å². The Balaban J connectivity index is 2.06. The highest BCUT2D eigenvalue weighted by molar-refractivity contribution is 7.99. The molecule has 1 aromatic rings. The summed E-state index contributed by atoms with van der Waals surface area (Å²) in [5.74, 6) is -1.50. The van der Waals surface area contributed by atoms with E-state index in [1.807, 2.05) is 20.8 Å². The first-order valence-electron chi connectivity index (χ1n) is 10.6. The lowest BCUT2D eigenvalue weighted by Crippen LogP contribution is -2.43. The fraction of sp³-hybridized carbons (Fsp3) is 0.458. The summed E-state index contributed by atoms with van der Waals surface area (Å²) < 4.78 is 10.5. The third-order valence-electron chi connectivity index (χ3n) is 5.83. The SMILES string of the molecule is CCSCCOC(=O)C1=C(C)NC2=C(C(=O)[C@H](C(=O)OC)[C@H](C)C2)[C@H]1c1ccc(Cl)cc1. The molecule has 0 saturated heterocycles. The van der Waals surface area contributed by atoms with Crippen LogP contribution in [0.5, 0.6) is 0 Å². The van der Waals surface area contributed by atoms with Gasteiger partial charge in [-0.1, -0.05) is 37.6 Å². The molecule has 1 heterocycles. The number of thioether (sulfide) groups is 1. The summed E-state index contributed by atoms with van der Waals surface area (Å²) in [5.41, 5.74) is 2.91. The lowest BCUT2D eigenvalue weighted by Gasteiger charge is -2.38. The van der Waals surface area contributed by atoms with E-state index in [0.717, 1.165) is 17.0 Å². The first-order valence-corrected chi connectivity index (χ1v) is 12.2. The quantitative estimate of drug-likeness (QED) is 0.357. The minimum atomic E-state index is -0.910. The largest absolute Gasteiger partial charge is 0.468 e. The number of esters is 2. The molecule has 172 valence electrons. The lowest BCUT2D eigenvalue weighted by atomic mass is 9.69. The van der Waals surface area contributed by atoms with Gasteiger partial charge in [0.25, 0.3) is 0 Å². The summed E-state index contributed by atoms with van der Waals surface area (Å²) in [6.45, 7) is 5.99. The number of rotatable bonds is 7. The first kappa shape index (κ1) is 24.4. The highest BCUT2D eigenvalue weighted by Gasteiger charge is 2.47. The molecule has 0 saturated carbocycles. The third-order valence-corrected chi connectivity index (χ3v) is 6.95. The van der Waals surface area contributed by atoms with Crippen molar-refractivity contribution in [3.05, 3.63) is 57.4 Å². The van der Waals surface area contributed by atoms with Gasteiger partial charge in [0.1, 0.15) is 12.5 Å². The van der Waals surface area contributed by atoms with E-state index in [0.29, 0.717) is 34.0 Å². The van der Waals surface area contributed by atoms with E-state index in [2.05, 4.69) is 5.32 Å². The molecule has 6 nitrogen and oxygen atoms in total. The molecule has 0 spiro atoms. The number of hydrogen-bond donors (Lipinski definition) is 1. The van der Waals surface area contributed by atoms with Gasteiger partial charge in [0.15, 0.2) is 5.78 Å². The predicted octanol–water partition coefficient (Wildman–Crippen LogP) is 4.25. The van der Waals surface area contributed by atoms with Crippen LogP contribution in [0.15, 0.2) is 46.8 Å². The molecule has 8 heteroatoms. The highest BCUT2D eigenvalue weighted by atomic mass is 35.5. The normalized spacial score (nSPS) is 22.9. The van der Waals surface area contributed by atoms with Crippen molar-refractivity contribution in [2.75, 3.05) is 25.2 Å². The van der Waals surface area contributed by atoms with Gasteiger partial charge in [-0.2, -0.15) is 11.8 Å². The molecule has 1 aromatic carbocycles. The van der Waals surface area contributed by atoms with Crippen molar-refractivity contribution in [1.82, 2.24) is 5.32 Å². The van der Waals surface area contributed by atoms with Gasteiger partial charge in [-0.3, -0.25) is 9.59 Å². The summed E-state index contributed by atoms with van der Waals surface area (Å²) in [4.78, 5) is 39.2. The Hall–Kier alpha value is -2.25. The Morgan fingerprint density at radius 1 is 1.25 bits per heavy atom. The van der Waals surface area contributed by atoms with Crippen molar-refractivity contribution in [2.45, 2.75) is 33.1 Å². The van der Waals surface area contributed by atoms with Crippen LogP contribution in [0.2, 0.25) is 5.02 Å². The molecule has 1 N–H and O–H groups in total. The average molecular weight is 478 g/mol. The van der Waals surface area contributed by atoms with Crippen LogP contribution in [0.1, 0.15) is 38.7 Å². The van der Waals surface area contributed by atoms with Crippen LogP contribution in [0, 0.1) is 11.8 Å². The van der Waals surface area contributed by atoms with Gasteiger partial charge in [-0.25, -0.2) is 4.79 Å². The maximum absolute atomic E-state index is 13.6. The number of dihydropyridines is 1. The topological polar surface area (TPSA) is 81.7 Å². The second-order valence-electron chi connectivity index (χ2n) is 7.92. The number of nitrogens with one attached hydrogen (secondary N) is 1. The Kier molecular flexibility index (Phi) is 8.06. The van der Waals surface area contributed by atoms with Crippen molar-refractivity contribution in [3.63, 3.8) is 0 Å². The third kappa shape index (κ3) is 4.89. The van der Waals surface area contributed by atoms with Crippen LogP contribution in [0.25, 0.3) is 0 Å². The second-order valence-corrected chi connectivity index (χ2v) is 9.75. The number of ketones is 1. The van der Waals surface area contributed by atoms with E-state index in [-0.39, 0.29) is 18.3 Å². The average Bonchev–Trinajstić information content (AvgIpc) is 2.76. The standard InChI is InChI=1S/C24H28ClNO5S/c1-5-32-11-10-31-24(29)19-14(3)26-17-12-13(2)18(23(28)30-4)22(27)21(17)20(19)15-6-8-16(25)9-7-15/h6-9,13,18,20,26H,5,10-12H2,1-4H3/t13-,18-,20+/m1/s1. The minimum absolute atomic E-state index is 0.223. The number of carbonyl (C=O) groups excluding carboxylic acids is 3. The Morgan fingerprint density at radius 2 is 1.94 bits per heavy atom. The molecule has 0 unspecified atom stereocenters. The molecule has 0 bridgehead atoms. The molecule has 32 heavy (non-hydrogen) atoms. The number of benzene rings is 1. The molecule has 0 radical (unpaired) electrons. The van der Waals surface area contributed by atoms with Crippen molar-refractivity contribution in [2.24, 2.45) is 11.8 Å². The van der Waals surface area contributed by atoms with Gasteiger partial charge in [-0.05, 0) is 42.7 Å². The van der Waals surface area contributed by atoms with Gasteiger partial charge in [0.05, 0.1) is 12.7 Å². The Bertz CT molecular complexity index is 969. The second kappa shape index (κ2) is 10.6. The Labute approximate surface area is 197 Å². The van der Waals surface area contributed by atoms with Crippen LogP contribution in [-0.4, -0.2) is 42.9 Å². The highest BCUT2D eigenvalue weighted by Crippen LogP contribution is 2.45. The van der Waals surface area contributed by atoms with Crippen LogP contribution in [-0.2, 0) is 23.9 Å². The van der Waals surface area contributed by atoms with Crippen molar-refractivity contribution < 1.29 is 23.9 Å². The van der Waals surface area contributed by atoms with E-state index >= 15 is 0 Å². The van der Waals surface area contributed by atoms with Crippen LogP contribution in [0.4, 0.5) is 0 Å². The number of Topliss-reactive ketones (excluding diaryl/α,β-unsaturated/α-hetero) is 1. The van der Waals surface area contributed by atoms with Crippen LogP contribution >= 0.6 is 23.4 Å². The van der Waals surface area contributed by atoms with E-state index in [1.54, 1.807) is 36.0 Å². The fourth-order valence-corrected chi connectivity index (χ4v) is 4.97. The molecule has 3 atom stereocenters. The Morgan fingerprint density at radius 3 is 2.56 bits per heavy atom. The summed E-state index contributed by atoms with van der Waals surface area (Å²) in [6, 6.07) is 7.05. The van der Waals surface area contributed by atoms with Crippen LogP contribution < -0.4 is 5.32 Å². The monoisotopic (exact) mass is 477 g/mol. The molecular formula is C24H28ClNO5S. The van der Waals surface area contributed by atoms with Gasteiger partial charge < -0.3 is 14.8 Å². The van der Waals surface area contributed by atoms with Crippen molar-refractivity contribution in [3.8, 4) is 0 Å². The molecule has 1 aliphatic heterocycles. The number of hydrogen-bond acceptors (Lipinski definition) is 7. The van der Waals surface area contributed by atoms with Gasteiger partial charge in [-0.15, -0.1) is 0 Å². The molecule has 2 aliphatic rings. The fourth-order valence-electron chi connectivity index (χ4n) is 4.36. The smallest absolute Gasteiger partial charge is 0.336 e. The zero-order valence-electron chi connectivity index (χ0n) is 18.7. The minimum Gasteiger partial charge on any atom is -0.468 e. The summed E-state index contributed by atoms with van der Waals surface area (Å²) >= 11 is 7.77. The predicted molar refractivity (Wildman–Crippen MR) is 125 cm³/mol. The maximum Gasteiger partial charge on any atom is 0.336 e. The molecule has 0 aromatic heterocycles. The van der Waals surface area contributed by atoms with E-state index in [9.17, 15) is 14.4 Å². The first-order chi connectivity index (χ1) is 15.3. The molecule has 0 amide bonds. The number of halogens is 1. The van der Waals surface area contributed by atoms with E-state index in [1.165, 1.54) is 7.11 Å². The number of methoxy groups -OCH3 is 1. The summed E-state index contributed by atoms with van der Waals surface area (Å²) in [7, 11) is 1.28. The van der Waals surface area contributed by atoms with Gasteiger partial charge in [0.2, 0.25) is 0 Å².